The van der Waals surface area contributed by atoms with Crippen LogP contribution in [0.15, 0.2) is 11.3 Å². The molecule has 1 rings (SSSR count). The van der Waals surface area contributed by atoms with Gasteiger partial charge in [0.25, 0.3) is 0 Å². The normalized spacial score (nSPS) is 21.7. The predicted octanol–water partition coefficient (Wildman–Crippen LogP) is 6.59. The van der Waals surface area contributed by atoms with E-state index in [0.29, 0.717) is 0 Å². The zero-order chi connectivity index (χ0) is 14.8. The topological polar surface area (TPSA) is 0 Å². The number of hydrogen-bond donors (Lipinski definition) is 0. The zero-order valence-electron chi connectivity index (χ0n) is 14.6. The quantitative estimate of drug-likeness (QED) is 0.498. The summed E-state index contributed by atoms with van der Waals surface area (Å²) in [6.45, 7) is 19.7. The van der Waals surface area contributed by atoms with E-state index >= 15 is 0 Å². The zero-order valence-corrected chi connectivity index (χ0v) is 15.6. The molecule has 1 aliphatic carbocycles. The van der Waals surface area contributed by atoms with Crippen LogP contribution in [0.25, 0.3) is 0 Å². The fraction of sp³-hybridized carbons (Fsp3) is 0.889. The molecular formula is C18H36Si. The van der Waals surface area contributed by atoms with Gasteiger partial charge in [-0.05, 0) is 47.7 Å². The molecule has 0 spiro atoms. The van der Waals surface area contributed by atoms with E-state index in [2.05, 4.69) is 61.5 Å². The summed E-state index contributed by atoms with van der Waals surface area (Å²) in [7, 11) is -1.33. The SMILES string of the molecule is CC(C)C1CC=C([Si](C(C)C)(C(C)C)C(C)C)CC1. The maximum atomic E-state index is 2.68. The predicted molar refractivity (Wildman–Crippen MR) is 91.3 cm³/mol. The minimum absolute atomic E-state index is 0.853. The van der Waals surface area contributed by atoms with Crippen molar-refractivity contribution in [3.8, 4) is 0 Å². The van der Waals surface area contributed by atoms with Gasteiger partial charge in [-0.25, -0.2) is 0 Å². The lowest BCUT2D eigenvalue weighted by atomic mass is 9.85. The van der Waals surface area contributed by atoms with E-state index < -0.39 is 8.07 Å². The Morgan fingerprint density at radius 3 is 1.63 bits per heavy atom. The van der Waals surface area contributed by atoms with Gasteiger partial charge < -0.3 is 0 Å². The Kier molecular flexibility index (Phi) is 5.91. The monoisotopic (exact) mass is 280 g/mol. The molecule has 0 N–H and O–H groups in total. The van der Waals surface area contributed by atoms with Gasteiger partial charge >= 0.3 is 0 Å². The van der Waals surface area contributed by atoms with Crippen LogP contribution in [-0.4, -0.2) is 8.07 Å². The van der Waals surface area contributed by atoms with Crippen LogP contribution in [0.3, 0.4) is 0 Å². The van der Waals surface area contributed by atoms with E-state index in [-0.39, 0.29) is 0 Å². The maximum absolute atomic E-state index is 2.68. The van der Waals surface area contributed by atoms with Crippen molar-refractivity contribution in [3.05, 3.63) is 11.3 Å². The Bertz CT molecular complexity index is 288. The lowest BCUT2D eigenvalue weighted by molar-refractivity contribution is 0.353. The summed E-state index contributed by atoms with van der Waals surface area (Å²) < 4.78 is 0. The summed E-state index contributed by atoms with van der Waals surface area (Å²) in [6.07, 6.45) is 6.85. The molecule has 1 heteroatoms. The van der Waals surface area contributed by atoms with Crippen molar-refractivity contribution in [3.63, 3.8) is 0 Å². The van der Waals surface area contributed by atoms with Gasteiger partial charge in [-0.1, -0.05) is 66.7 Å². The number of hydrogen-bond acceptors (Lipinski definition) is 0. The van der Waals surface area contributed by atoms with Gasteiger partial charge in [-0.3, -0.25) is 0 Å². The van der Waals surface area contributed by atoms with E-state index in [4.69, 9.17) is 0 Å². The standard InChI is InChI=1S/C18H36Si/c1-13(2)17-9-11-18(12-10-17)19(14(3)4,15(5)6)16(7)8/h11,13-17H,9-10,12H2,1-8H3. The second-order valence-electron chi connectivity index (χ2n) is 7.90. The lowest BCUT2D eigenvalue weighted by Crippen LogP contribution is -2.47. The van der Waals surface area contributed by atoms with E-state index in [9.17, 15) is 0 Å². The van der Waals surface area contributed by atoms with Crippen molar-refractivity contribution in [2.45, 2.75) is 91.3 Å². The van der Waals surface area contributed by atoms with Crippen LogP contribution in [0.5, 0.6) is 0 Å². The first-order valence-corrected chi connectivity index (χ1v) is 10.7. The fourth-order valence-corrected chi connectivity index (χ4v) is 12.2. The molecule has 0 saturated carbocycles. The van der Waals surface area contributed by atoms with Crippen LogP contribution >= 0.6 is 0 Å². The average molecular weight is 281 g/mol. The molecule has 0 radical (unpaired) electrons. The molecule has 1 unspecified atom stereocenters. The molecule has 1 atom stereocenters. The second kappa shape index (κ2) is 6.61. The molecule has 0 bridgehead atoms. The molecule has 0 aromatic rings. The highest BCUT2D eigenvalue weighted by molar-refractivity contribution is 6.89. The summed E-state index contributed by atoms with van der Waals surface area (Å²) in [4.78, 5) is 0. The van der Waals surface area contributed by atoms with Crippen LogP contribution in [0.2, 0.25) is 16.6 Å². The molecule has 0 amide bonds. The van der Waals surface area contributed by atoms with E-state index in [1.54, 1.807) is 0 Å². The molecule has 0 heterocycles. The molecule has 0 nitrogen and oxygen atoms in total. The Morgan fingerprint density at radius 2 is 1.37 bits per heavy atom. The number of rotatable bonds is 5. The Labute approximate surface area is 123 Å². The average Bonchev–Trinajstić information content (AvgIpc) is 2.28. The van der Waals surface area contributed by atoms with E-state index in [1.807, 2.05) is 5.20 Å². The van der Waals surface area contributed by atoms with Gasteiger partial charge in [0.1, 0.15) is 0 Å². The largest absolute Gasteiger partial charge is 0.0888 e. The van der Waals surface area contributed by atoms with E-state index in [1.165, 1.54) is 19.3 Å². The summed E-state index contributed by atoms with van der Waals surface area (Å²) in [6, 6.07) is 0. The highest BCUT2D eigenvalue weighted by Crippen LogP contribution is 2.49. The minimum atomic E-state index is -1.33. The first-order valence-electron chi connectivity index (χ1n) is 8.44. The smallest absolute Gasteiger partial charge is 0.0886 e. The fourth-order valence-electron chi connectivity index (χ4n) is 4.97. The molecule has 112 valence electrons. The first kappa shape index (κ1) is 17.0. The van der Waals surface area contributed by atoms with Crippen LogP contribution in [-0.2, 0) is 0 Å². The van der Waals surface area contributed by atoms with Gasteiger partial charge in [0.15, 0.2) is 0 Å². The third kappa shape index (κ3) is 3.17. The van der Waals surface area contributed by atoms with Gasteiger partial charge in [0.2, 0.25) is 0 Å². The second-order valence-corrected chi connectivity index (χ2v) is 13.9. The van der Waals surface area contributed by atoms with Gasteiger partial charge in [0, 0.05) is 0 Å². The minimum Gasteiger partial charge on any atom is -0.0888 e. The summed E-state index contributed by atoms with van der Waals surface area (Å²) in [5.74, 6) is 1.79. The third-order valence-corrected chi connectivity index (χ3v) is 13.1. The number of allylic oxidation sites excluding steroid dienone is 2. The molecule has 1 aliphatic rings. The van der Waals surface area contributed by atoms with Crippen LogP contribution < -0.4 is 0 Å². The maximum Gasteiger partial charge on any atom is 0.0886 e. The van der Waals surface area contributed by atoms with Crippen molar-refractivity contribution in [1.29, 1.82) is 0 Å². The third-order valence-electron chi connectivity index (χ3n) is 5.82. The summed E-state index contributed by atoms with van der Waals surface area (Å²) in [5.41, 5.74) is 2.61. The highest BCUT2D eigenvalue weighted by Gasteiger charge is 2.45. The Morgan fingerprint density at radius 1 is 0.895 bits per heavy atom. The van der Waals surface area contributed by atoms with Gasteiger partial charge in [0.05, 0.1) is 8.07 Å². The molecule has 19 heavy (non-hydrogen) atoms. The molecule has 0 aliphatic heterocycles. The first-order chi connectivity index (χ1) is 8.74. The molecule has 0 aromatic carbocycles. The van der Waals surface area contributed by atoms with Crippen LogP contribution in [0.4, 0.5) is 0 Å². The van der Waals surface area contributed by atoms with Crippen LogP contribution in [0.1, 0.15) is 74.7 Å². The molecule has 0 aromatic heterocycles. The van der Waals surface area contributed by atoms with E-state index in [0.717, 1.165) is 28.5 Å². The lowest BCUT2D eigenvalue weighted by Gasteiger charge is -2.47. The van der Waals surface area contributed by atoms with Crippen LogP contribution in [0, 0.1) is 11.8 Å². The molecule has 0 fully saturated rings. The molecular weight excluding hydrogens is 244 g/mol. The van der Waals surface area contributed by atoms with Gasteiger partial charge in [-0.2, -0.15) is 0 Å². The van der Waals surface area contributed by atoms with Crippen molar-refractivity contribution < 1.29 is 0 Å². The molecule has 0 saturated heterocycles. The van der Waals surface area contributed by atoms with Crippen molar-refractivity contribution in [2.24, 2.45) is 11.8 Å². The Hall–Kier alpha value is -0.0431. The Balaban J connectivity index is 3.08. The van der Waals surface area contributed by atoms with Crippen molar-refractivity contribution >= 4 is 8.07 Å². The summed E-state index contributed by atoms with van der Waals surface area (Å²) in [5, 5.41) is 1.91. The summed E-state index contributed by atoms with van der Waals surface area (Å²) >= 11 is 0. The van der Waals surface area contributed by atoms with Gasteiger partial charge in [-0.15, -0.1) is 0 Å². The highest BCUT2D eigenvalue weighted by atomic mass is 28.3. The van der Waals surface area contributed by atoms with Crippen molar-refractivity contribution in [2.75, 3.05) is 0 Å². The van der Waals surface area contributed by atoms with Crippen molar-refractivity contribution in [1.82, 2.24) is 0 Å².